The van der Waals surface area contributed by atoms with Crippen molar-refractivity contribution in [2.75, 3.05) is 7.11 Å². The van der Waals surface area contributed by atoms with Crippen molar-refractivity contribution in [3.63, 3.8) is 0 Å². The van der Waals surface area contributed by atoms with E-state index >= 15 is 0 Å². The van der Waals surface area contributed by atoms with Gasteiger partial charge in [0.2, 0.25) is 5.91 Å². The Morgan fingerprint density at radius 2 is 2.12 bits per heavy atom. The van der Waals surface area contributed by atoms with Gasteiger partial charge in [-0.25, -0.2) is 0 Å². The molecule has 0 saturated carbocycles. The summed E-state index contributed by atoms with van der Waals surface area (Å²) in [4.78, 5) is 13.0. The molecule has 0 aliphatic carbocycles. The summed E-state index contributed by atoms with van der Waals surface area (Å²) in [5, 5.41) is 9.60. The average molecular weight is 221 g/mol. The smallest absolute Gasteiger partial charge is 0.225 e. The van der Waals surface area contributed by atoms with Crippen molar-refractivity contribution in [1.29, 1.82) is 0 Å². The molecule has 1 heterocycles. The van der Waals surface area contributed by atoms with Crippen LogP contribution in [-0.2, 0) is 11.3 Å². The first-order chi connectivity index (χ1) is 7.70. The number of methoxy groups -OCH3 is 1. The zero-order chi connectivity index (χ0) is 11.5. The first kappa shape index (κ1) is 11.0. The van der Waals surface area contributed by atoms with Crippen molar-refractivity contribution in [2.45, 2.75) is 25.6 Å². The molecule has 1 saturated heterocycles. The third-order valence-electron chi connectivity index (χ3n) is 2.81. The number of carbonyl (C=O) groups is 1. The van der Waals surface area contributed by atoms with Crippen molar-refractivity contribution < 1.29 is 14.6 Å². The van der Waals surface area contributed by atoms with E-state index in [1.54, 1.807) is 7.11 Å². The van der Waals surface area contributed by atoms with Crippen molar-refractivity contribution in [1.82, 2.24) is 4.90 Å². The second-order valence-corrected chi connectivity index (χ2v) is 3.89. The van der Waals surface area contributed by atoms with Gasteiger partial charge in [0.25, 0.3) is 0 Å². The van der Waals surface area contributed by atoms with Crippen LogP contribution < -0.4 is 4.74 Å². The summed E-state index contributed by atoms with van der Waals surface area (Å²) >= 11 is 0. The predicted molar refractivity (Wildman–Crippen MR) is 58.8 cm³/mol. The van der Waals surface area contributed by atoms with E-state index < -0.39 is 6.23 Å². The van der Waals surface area contributed by atoms with Gasteiger partial charge in [-0.1, -0.05) is 12.1 Å². The highest BCUT2D eigenvalue weighted by atomic mass is 16.5. The highest BCUT2D eigenvalue weighted by Gasteiger charge is 2.28. The molecule has 4 nitrogen and oxygen atoms in total. The van der Waals surface area contributed by atoms with E-state index in [1.807, 2.05) is 24.3 Å². The molecule has 1 aromatic rings. The van der Waals surface area contributed by atoms with E-state index in [0.717, 1.165) is 11.3 Å². The van der Waals surface area contributed by atoms with Gasteiger partial charge < -0.3 is 14.7 Å². The lowest BCUT2D eigenvalue weighted by molar-refractivity contribution is -0.134. The highest BCUT2D eigenvalue weighted by molar-refractivity contribution is 5.78. The van der Waals surface area contributed by atoms with Crippen LogP contribution in [0.4, 0.5) is 0 Å². The second kappa shape index (κ2) is 4.53. The van der Waals surface area contributed by atoms with Gasteiger partial charge in [0.1, 0.15) is 12.0 Å². The van der Waals surface area contributed by atoms with Crippen LogP contribution in [0.15, 0.2) is 24.3 Å². The fraction of sp³-hybridized carbons (Fsp3) is 0.417. The molecule has 0 unspecified atom stereocenters. The van der Waals surface area contributed by atoms with Gasteiger partial charge in [-0.05, 0) is 17.7 Å². The molecule has 1 fully saturated rings. The maximum absolute atomic E-state index is 11.5. The Hall–Kier alpha value is -1.55. The molecular formula is C12H15NO3. The monoisotopic (exact) mass is 221 g/mol. The molecular weight excluding hydrogens is 206 g/mol. The number of likely N-dealkylation sites (tertiary alicyclic amines) is 1. The molecule has 1 amide bonds. The zero-order valence-corrected chi connectivity index (χ0v) is 9.22. The summed E-state index contributed by atoms with van der Waals surface area (Å²) in [7, 11) is 1.61. The van der Waals surface area contributed by atoms with Crippen LogP contribution in [0.2, 0.25) is 0 Å². The highest BCUT2D eigenvalue weighted by Crippen LogP contribution is 2.20. The number of ether oxygens (including phenoxy) is 1. The Labute approximate surface area is 94.4 Å². The maximum atomic E-state index is 11.5. The Morgan fingerprint density at radius 1 is 1.44 bits per heavy atom. The van der Waals surface area contributed by atoms with Crippen LogP contribution in [0.5, 0.6) is 5.75 Å². The number of hydrogen-bond donors (Lipinski definition) is 1. The minimum Gasteiger partial charge on any atom is -0.497 e. The minimum absolute atomic E-state index is 0.0170. The maximum Gasteiger partial charge on any atom is 0.225 e. The number of benzene rings is 1. The lowest BCUT2D eigenvalue weighted by Crippen LogP contribution is -2.31. The van der Waals surface area contributed by atoms with Crippen molar-refractivity contribution in [3.8, 4) is 5.75 Å². The summed E-state index contributed by atoms with van der Waals surface area (Å²) in [6.07, 6.45) is 0.348. The molecule has 1 aliphatic rings. The van der Waals surface area contributed by atoms with Crippen LogP contribution in [0.1, 0.15) is 18.4 Å². The summed E-state index contributed by atoms with van der Waals surface area (Å²) in [6, 6.07) is 7.50. The molecule has 0 spiro atoms. The van der Waals surface area contributed by atoms with Gasteiger partial charge in [0, 0.05) is 19.4 Å². The third-order valence-corrected chi connectivity index (χ3v) is 2.81. The number of amides is 1. The summed E-state index contributed by atoms with van der Waals surface area (Å²) < 4.78 is 5.05. The van der Waals surface area contributed by atoms with Gasteiger partial charge in [-0.2, -0.15) is 0 Å². The first-order valence-electron chi connectivity index (χ1n) is 5.31. The van der Waals surface area contributed by atoms with Crippen LogP contribution in [0, 0.1) is 0 Å². The van der Waals surface area contributed by atoms with Gasteiger partial charge in [-0.3, -0.25) is 4.79 Å². The van der Waals surface area contributed by atoms with Gasteiger partial charge >= 0.3 is 0 Å². The molecule has 1 aliphatic heterocycles. The predicted octanol–water partition coefficient (Wildman–Crippen LogP) is 1.14. The number of aliphatic hydroxyl groups excluding tert-OH is 1. The van der Waals surface area contributed by atoms with Gasteiger partial charge in [-0.15, -0.1) is 0 Å². The van der Waals surface area contributed by atoms with Crippen LogP contribution in [-0.4, -0.2) is 29.3 Å². The molecule has 16 heavy (non-hydrogen) atoms. The normalized spacial score (nSPS) is 20.2. The molecule has 1 aromatic carbocycles. The minimum atomic E-state index is -0.630. The standard InChI is InChI=1S/C12H15NO3/c1-16-10-4-2-9(3-5-10)8-13-11(14)6-7-12(13)15/h2-5,11,14H,6-8H2,1H3/t11-/m0/s1. The van der Waals surface area contributed by atoms with Crippen LogP contribution in [0.25, 0.3) is 0 Å². The largest absolute Gasteiger partial charge is 0.497 e. The number of nitrogens with zero attached hydrogens (tertiary/aromatic N) is 1. The number of aliphatic hydroxyl groups is 1. The van der Waals surface area contributed by atoms with Crippen LogP contribution >= 0.6 is 0 Å². The van der Waals surface area contributed by atoms with E-state index in [1.165, 1.54) is 4.90 Å². The molecule has 1 N–H and O–H groups in total. The second-order valence-electron chi connectivity index (χ2n) is 3.89. The Morgan fingerprint density at radius 3 is 2.62 bits per heavy atom. The lowest BCUT2D eigenvalue weighted by Gasteiger charge is -2.20. The SMILES string of the molecule is COc1ccc(CN2C(=O)CC[C@@H]2O)cc1. The van der Waals surface area contributed by atoms with Crippen molar-refractivity contribution in [3.05, 3.63) is 29.8 Å². The lowest BCUT2D eigenvalue weighted by atomic mass is 10.2. The Kier molecular flexibility index (Phi) is 3.10. The number of hydrogen-bond acceptors (Lipinski definition) is 3. The van der Waals surface area contributed by atoms with Crippen LogP contribution in [0.3, 0.4) is 0 Å². The van der Waals surface area contributed by atoms with E-state index in [9.17, 15) is 9.90 Å². The summed E-state index contributed by atoms with van der Waals surface area (Å²) in [5.74, 6) is 0.806. The third kappa shape index (κ3) is 2.17. The number of rotatable bonds is 3. The first-order valence-corrected chi connectivity index (χ1v) is 5.31. The van der Waals surface area contributed by atoms with Crippen molar-refractivity contribution in [2.24, 2.45) is 0 Å². The quantitative estimate of drug-likeness (QED) is 0.832. The van der Waals surface area contributed by atoms with Crippen molar-refractivity contribution >= 4 is 5.91 Å². The molecule has 4 heteroatoms. The van der Waals surface area contributed by atoms with Gasteiger partial charge in [0.15, 0.2) is 0 Å². The molecule has 0 aromatic heterocycles. The molecule has 1 atom stereocenters. The summed E-state index contributed by atoms with van der Waals surface area (Å²) in [5.41, 5.74) is 0.995. The van der Waals surface area contributed by atoms with Gasteiger partial charge in [0.05, 0.1) is 7.11 Å². The number of carbonyl (C=O) groups excluding carboxylic acids is 1. The fourth-order valence-electron chi connectivity index (χ4n) is 1.84. The van der Waals surface area contributed by atoms with E-state index in [-0.39, 0.29) is 5.91 Å². The van der Waals surface area contributed by atoms with E-state index in [0.29, 0.717) is 19.4 Å². The summed E-state index contributed by atoms with van der Waals surface area (Å²) in [6.45, 7) is 0.462. The molecule has 2 rings (SSSR count). The Bertz CT molecular complexity index is 374. The van der Waals surface area contributed by atoms with E-state index in [2.05, 4.69) is 0 Å². The fourth-order valence-corrected chi connectivity index (χ4v) is 1.84. The molecule has 0 radical (unpaired) electrons. The van der Waals surface area contributed by atoms with E-state index in [4.69, 9.17) is 4.74 Å². The average Bonchev–Trinajstić information content (AvgIpc) is 2.62. The zero-order valence-electron chi connectivity index (χ0n) is 9.22. The molecule has 86 valence electrons. The topological polar surface area (TPSA) is 49.8 Å². The Balaban J connectivity index is 2.05. The molecule has 0 bridgehead atoms.